The number of carbonyl (C=O) groups excluding carboxylic acids is 3. The van der Waals surface area contributed by atoms with Gasteiger partial charge in [-0.3, -0.25) is 14.5 Å². The molecule has 13 heteroatoms. The fraction of sp³-hybridized carbons (Fsp3) is 0.486. The Hall–Kier alpha value is -3.78. The van der Waals surface area contributed by atoms with E-state index >= 15 is 0 Å². The van der Waals surface area contributed by atoms with E-state index in [1.54, 1.807) is 32.9 Å². The minimum absolute atomic E-state index is 0.00752. The molecule has 2 N–H and O–H groups in total. The molecule has 0 saturated carbocycles. The van der Waals surface area contributed by atoms with Crippen LogP contribution in [-0.4, -0.2) is 61.5 Å². The number of amides is 3. The number of anilines is 1. The van der Waals surface area contributed by atoms with Gasteiger partial charge in [0, 0.05) is 34.9 Å². The summed E-state index contributed by atoms with van der Waals surface area (Å²) in [7, 11) is -3.66. The number of thiophene rings is 1. The van der Waals surface area contributed by atoms with E-state index in [1.165, 1.54) is 16.2 Å². The molecule has 3 atom stereocenters. The Kier molecular flexibility index (Phi) is 10.7. The van der Waals surface area contributed by atoms with Crippen LogP contribution in [0, 0.1) is 0 Å². The molecule has 2 aromatic carbocycles. The van der Waals surface area contributed by atoms with Crippen LogP contribution in [0.5, 0.6) is 0 Å². The largest absolute Gasteiger partial charge is 0.444 e. The summed E-state index contributed by atoms with van der Waals surface area (Å²) in [6.07, 6.45) is 3.09. The van der Waals surface area contributed by atoms with Gasteiger partial charge in [0.15, 0.2) is 16.1 Å². The highest BCUT2D eigenvalue weighted by molar-refractivity contribution is 7.92. The number of fused-ring (bicyclic) bond motifs is 1. The van der Waals surface area contributed by atoms with Gasteiger partial charge in [0.1, 0.15) is 16.4 Å². The van der Waals surface area contributed by atoms with Gasteiger partial charge in [0.25, 0.3) is 0 Å². The average molecular weight is 724 g/mol. The zero-order valence-electron chi connectivity index (χ0n) is 28.7. The number of benzene rings is 2. The molecular formula is C37H45N3O8S2. The second kappa shape index (κ2) is 14.8. The third-order valence-corrected chi connectivity index (χ3v) is 13.4. The van der Waals surface area contributed by atoms with Crippen LogP contribution in [0.25, 0.3) is 10.4 Å². The van der Waals surface area contributed by atoms with Crippen LogP contribution >= 0.6 is 11.3 Å². The topological polar surface area (TPSA) is 140 Å². The first-order valence-electron chi connectivity index (χ1n) is 17.2. The summed E-state index contributed by atoms with van der Waals surface area (Å²) in [4.78, 5) is 48.6. The van der Waals surface area contributed by atoms with Crippen molar-refractivity contribution in [3.8, 4) is 10.4 Å². The quantitative estimate of drug-likeness (QED) is 0.252. The Balaban J connectivity index is 1.21. The maximum absolute atomic E-state index is 13.8. The average Bonchev–Trinajstić information content (AvgIpc) is 3.59. The first kappa shape index (κ1) is 36.0. The van der Waals surface area contributed by atoms with Gasteiger partial charge in [-0.15, -0.1) is 11.3 Å². The molecule has 1 unspecified atom stereocenters. The summed E-state index contributed by atoms with van der Waals surface area (Å²) in [6, 6.07) is 17.9. The lowest BCUT2D eigenvalue weighted by Gasteiger charge is -2.36. The van der Waals surface area contributed by atoms with Gasteiger partial charge in [0.05, 0.1) is 18.7 Å². The Bertz CT molecular complexity index is 1830. The molecule has 0 aliphatic carbocycles. The number of rotatable bonds is 8. The van der Waals surface area contributed by atoms with Crippen molar-refractivity contribution in [3.63, 3.8) is 0 Å². The van der Waals surface area contributed by atoms with E-state index in [0.717, 1.165) is 34.4 Å². The van der Waals surface area contributed by atoms with E-state index in [0.29, 0.717) is 49.3 Å². The van der Waals surface area contributed by atoms with Gasteiger partial charge >= 0.3 is 6.09 Å². The van der Waals surface area contributed by atoms with Crippen LogP contribution in [-0.2, 0) is 51.5 Å². The van der Waals surface area contributed by atoms with Crippen molar-refractivity contribution in [1.82, 2.24) is 10.4 Å². The molecule has 3 aliphatic heterocycles. The number of nitrogens with one attached hydrogen (secondary N) is 2. The van der Waals surface area contributed by atoms with Gasteiger partial charge in [-0.1, -0.05) is 42.8 Å². The molecule has 11 nitrogen and oxygen atoms in total. The minimum atomic E-state index is -3.66. The van der Waals surface area contributed by atoms with Crippen molar-refractivity contribution in [1.29, 1.82) is 0 Å². The van der Waals surface area contributed by atoms with Crippen LogP contribution < -0.4 is 10.8 Å². The normalized spacial score (nSPS) is 23.4. The maximum atomic E-state index is 13.8. The first-order valence-corrected chi connectivity index (χ1v) is 19.7. The van der Waals surface area contributed by atoms with Crippen LogP contribution in [0.1, 0.15) is 81.7 Å². The number of ether oxygens (including phenoxy) is 2. The third-order valence-electron chi connectivity index (χ3n) is 9.38. The molecule has 268 valence electrons. The fourth-order valence-corrected chi connectivity index (χ4v) is 10.6. The van der Waals surface area contributed by atoms with E-state index in [4.69, 9.17) is 14.3 Å². The summed E-state index contributed by atoms with van der Waals surface area (Å²) in [5.74, 6) is -0.836. The maximum Gasteiger partial charge on any atom is 0.411 e. The van der Waals surface area contributed by atoms with Crippen molar-refractivity contribution in [3.05, 3.63) is 76.7 Å². The molecule has 6 rings (SSSR count). The zero-order chi connectivity index (χ0) is 35.5. The van der Waals surface area contributed by atoms with Gasteiger partial charge in [0.2, 0.25) is 11.8 Å². The predicted molar refractivity (Wildman–Crippen MR) is 191 cm³/mol. The van der Waals surface area contributed by atoms with E-state index < -0.39 is 44.5 Å². The molecule has 3 aliphatic rings. The monoisotopic (exact) mass is 723 g/mol. The highest BCUT2D eigenvalue weighted by atomic mass is 32.2. The highest BCUT2D eigenvalue weighted by Gasteiger charge is 2.49. The van der Waals surface area contributed by atoms with Gasteiger partial charge in [-0.05, 0) is 87.4 Å². The van der Waals surface area contributed by atoms with Crippen molar-refractivity contribution >= 4 is 44.8 Å². The highest BCUT2D eigenvalue weighted by Crippen LogP contribution is 2.47. The van der Waals surface area contributed by atoms with Crippen molar-refractivity contribution in [2.75, 3.05) is 17.7 Å². The molecule has 0 radical (unpaired) electrons. The van der Waals surface area contributed by atoms with E-state index in [9.17, 15) is 22.8 Å². The fourth-order valence-electron chi connectivity index (χ4n) is 6.83. The minimum Gasteiger partial charge on any atom is -0.444 e. The van der Waals surface area contributed by atoms with E-state index in [1.807, 2.05) is 48.5 Å². The number of hydrogen-bond donors (Lipinski definition) is 2. The third kappa shape index (κ3) is 8.06. The molecule has 4 heterocycles. The number of carbonyl (C=O) groups is 3. The lowest BCUT2D eigenvalue weighted by Crippen LogP contribution is -2.52. The van der Waals surface area contributed by atoms with Gasteiger partial charge in [-0.25, -0.2) is 23.5 Å². The molecule has 2 saturated heterocycles. The molecule has 1 aromatic heterocycles. The Morgan fingerprint density at radius 2 is 1.80 bits per heavy atom. The summed E-state index contributed by atoms with van der Waals surface area (Å²) < 4.78 is 37.3. The van der Waals surface area contributed by atoms with E-state index in [2.05, 4.69) is 10.8 Å². The zero-order valence-corrected chi connectivity index (χ0v) is 30.4. The molecule has 3 amide bonds. The standard InChI is InChI=1S/C37H45N3O8S2/c1-36(2,3)47-35(43)40-24-27-12-5-4-11-25(27)22-29(40)34(42)38-28-14-10-13-26(21-28)30-16-17-31(49-30)37(18-7-9-20-50(37,44)45)23-32(41)39-48-33-15-6-8-19-46-33/h4-5,10-14,16-17,21,29,33H,6-9,15,18-20,22-24H2,1-3H3,(H,38,42)(H,39,41)/t29-,33?,37-/m0/s1. The molecule has 2 fully saturated rings. The Morgan fingerprint density at radius 3 is 2.54 bits per heavy atom. The lowest BCUT2D eigenvalue weighted by molar-refractivity contribution is -0.200. The summed E-state index contributed by atoms with van der Waals surface area (Å²) in [5, 5.41) is 3.00. The summed E-state index contributed by atoms with van der Waals surface area (Å²) >= 11 is 1.33. The predicted octanol–water partition coefficient (Wildman–Crippen LogP) is 6.47. The lowest BCUT2D eigenvalue weighted by atomic mass is 9.93. The van der Waals surface area contributed by atoms with Crippen molar-refractivity contribution in [2.24, 2.45) is 0 Å². The van der Waals surface area contributed by atoms with Crippen LogP contribution in [0.15, 0.2) is 60.7 Å². The Labute approximate surface area is 297 Å². The molecular weight excluding hydrogens is 679 g/mol. The number of hydroxylamine groups is 1. The molecule has 50 heavy (non-hydrogen) atoms. The van der Waals surface area contributed by atoms with E-state index in [-0.39, 0.29) is 24.6 Å². The summed E-state index contributed by atoms with van der Waals surface area (Å²) in [5.41, 5.74) is 5.02. The van der Waals surface area contributed by atoms with Crippen LogP contribution in [0.4, 0.5) is 10.5 Å². The molecule has 3 aromatic rings. The second-order valence-corrected chi connectivity index (χ2v) is 17.7. The first-order chi connectivity index (χ1) is 23.8. The van der Waals surface area contributed by atoms with Gasteiger partial charge < -0.3 is 14.8 Å². The Morgan fingerprint density at radius 1 is 1.00 bits per heavy atom. The molecule has 0 bridgehead atoms. The number of nitrogens with zero attached hydrogens (tertiary/aromatic N) is 1. The van der Waals surface area contributed by atoms with Crippen molar-refractivity contribution < 1.29 is 37.1 Å². The SMILES string of the molecule is CC(C)(C)OC(=O)N1Cc2ccccc2C[C@H]1C(=O)Nc1cccc(-c2ccc([C@@]3(CC(=O)NOC4CCCCO4)CCCCS3(=O)=O)s2)c1. The summed E-state index contributed by atoms with van der Waals surface area (Å²) in [6.45, 7) is 6.19. The van der Waals surface area contributed by atoms with Crippen LogP contribution in [0.3, 0.4) is 0 Å². The van der Waals surface area contributed by atoms with Crippen molar-refractivity contribution in [2.45, 2.75) is 101 Å². The smallest absolute Gasteiger partial charge is 0.411 e. The van der Waals surface area contributed by atoms with Crippen LogP contribution in [0.2, 0.25) is 0 Å². The second-order valence-electron chi connectivity index (χ2n) is 14.2. The number of hydrogen-bond acceptors (Lipinski definition) is 9. The number of sulfone groups is 1. The van der Waals surface area contributed by atoms with Gasteiger partial charge in [-0.2, -0.15) is 0 Å². The molecule has 0 spiro atoms.